The van der Waals surface area contributed by atoms with Gasteiger partial charge in [0.1, 0.15) is 12.2 Å². The van der Waals surface area contributed by atoms with E-state index < -0.39 is 0 Å². The second-order valence-electron chi connectivity index (χ2n) is 7.75. The summed E-state index contributed by atoms with van der Waals surface area (Å²) in [6.07, 6.45) is 2.05. The molecule has 4 aliphatic rings. The van der Waals surface area contributed by atoms with Gasteiger partial charge in [-0.05, 0) is 32.2 Å². The molecule has 2 N–H and O–H groups in total. The lowest BCUT2D eigenvalue weighted by Gasteiger charge is -2.20. The molecule has 6 heteroatoms. The van der Waals surface area contributed by atoms with Gasteiger partial charge < -0.3 is 20.1 Å². The summed E-state index contributed by atoms with van der Waals surface area (Å²) < 4.78 is 11.3. The summed E-state index contributed by atoms with van der Waals surface area (Å²) in [5, 5.41) is 6.55. The summed E-state index contributed by atoms with van der Waals surface area (Å²) in [7, 11) is 0. The summed E-state index contributed by atoms with van der Waals surface area (Å²) in [6, 6.07) is 0.542. The maximum atomic E-state index is 12.4. The topological polar surface area (TPSA) is 76.7 Å². The molecule has 8 atom stereocenters. The second kappa shape index (κ2) is 5.74. The molecule has 6 nitrogen and oxygen atoms in total. The van der Waals surface area contributed by atoms with Crippen molar-refractivity contribution in [3.8, 4) is 0 Å². The van der Waals surface area contributed by atoms with Crippen LogP contribution in [0.3, 0.4) is 0 Å². The highest BCUT2D eigenvalue weighted by Crippen LogP contribution is 2.46. The third kappa shape index (κ3) is 2.76. The number of carbonyl (C=O) groups excluding carboxylic acids is 2. The molecule has 2 aliphatic heterocycles. The van der Waals surface area contributed by atoms with E-state index in [0.29, 0.717) is 24.3 Å². The van der Waals surface area contributed by atoms with Crippen molar-refractivity contribution in [1.29, 1.82) is 0 Å². The van der Waals surface area contributed by atoms with Gasteiger partial charge in [0.25, 0.3) is 0 Å². The molecule has 0 amide bonds. The molecule has 7 unspecified atom stereocenters. The lowest BCUT2D eigenvalue weighted by Crippen LogP contribution is -2.33. The average Bonchev–Trinajstić information content (AvgIpc) is 2.81. The number of carbonyl (C=O) groups is 2. The number of esters is 2. The molecule has 2 heterocycles. The zero-order valence-electron chi connectivity index (χ0n) is 13.8. The molecule has 4 rings (SSSR count). The van der Waals surface area contributed by atoms with Crippen molar-refractivity contribution in [2.45, 2.75) is 57.4 Å². The lowest BCUT2D eigenvalue weighted by molar-refractivity contribution is -0.156. The van der Waals surface area contributed by atoms with Crippen LogP contribution in [-0.4, -0.2) is 49.3 Å². The standard InChI is InChI=1S/C17H26N2O4/c1-8-6-18-9(2)13(8)16(20)22-10-3-4-11(5-10)23-17(21)14-12-7-19-15(12)14/h8-15,18-19H,3-7H2,1-2H3/t8?,9?,10?,11?,12-,13?,14?,15?/m1/s1. The van der Waals surface area contributed by atoms with Gasteiger partial charge in [0.05, 0.1) is 11.8 Å². The maximum Gasteiger partial charge on any atom is 0.311 e. The zero-order chi connectivity index (χ0) is 16.1. The van der Waals surface area contributed by atoms with Gasteiger partial charge in [0.2, 0.25) is 0 Å². The van der Waals surface area contributed by atoms with Crippen LogP contribution in [0.1, 0.15) is 33.1 Å². The fourth-order valence-electron chi connectivity index (χ4n) is 4.49. The molecule has 0 bridgehead atoms. The molecule has 2 saturated heterocycles. The number of hydrogen-bond donors (Lipinski definition) is 2. The quantitative estimate of drug-likeness (QED) is 0.732. The summed E-state index contributed by atoms with van der Waals surface area (Å²) in [4.78, 5) is 24.5. The van der Waals surface area contributed by atoms with E-state index in [1.165, 1.54) is 0 Å². The largest absolute Gasteiger partial charge is 0.462 e. The number of fused-ring (bicyclic) bond motifs is 1. The molecule has 0 radical (unpaired) electrons. The van der Waals surface area contributed by atoms with E-state index in [4.69, 9.17) is 9.47 Å². The maximum absolute atomic E-state index is 12.4. The Hall–Kier alpha value is -1.14. The van der Waals surface area contributed by atoms with Crippen molar-refractivity contribution in [3.63, 3.8) is 0 Å². The van der Waals surface area contributed by atoms with Gasteiger partial charge >= 0.3 is 11.9 Å². The molecule has 0 aromatic heterocycles. The number of ether oxygens (including phenoxy) is 2. The Labute approximate surface area is 136 Å². The van der Waals surface area contributed by atoms with Crippen molar-refractivity contribution in [2.24, 2.45) is 23.7 Å². The Morgan fingerprint density at radius 2 is 1.52 bits per heavy atom. The van der Waals surface area contributed by atoms with Crippen molar-refractivity contribution in [1.82, 2.24) is 10.6 Å². The highest BCUT2D eigenvalue weighted by Gasteiger charge is 2.62. The zero-order valence-corrected chi connectivity index (χ0v) is 13.8. The second-order valence-corrected chi connectivity index (χ2v) is 7.75. The first kappa shape index (κ1) is 15.4. The Morgan fingerprint density at radius 1 is 0.913 bits per heavy atom. The van der Waals surface area contributed by atoms with Gasteiger partial charge in [-0.3, -0.25) is 9.59 Å². The van der Waals surface area contributed by atoms with Gasteiger partial charge in [-0.25, -0.2) is 0 Å². The molecule has 23 heavy (non-hydrogen) atoms. The average molecular weight is 322 g/mol. The SMILES string of the molecule is CC1CNC(C)C1C(=O)OC1CCC(OC(=O)C2C3NC[C@@H]32)C1. The monoisotopic (exact) mass is 322 g/mol. The molecular weight excluding hydrogens is 296 g/mol. The van der Waals surface area contributed by atoms with Crippen LogP contribution in [0.25, 0.3) is 0 Å². The Bertz CT molecular complexity index is 491. The third-order valence-electron chi connectivity index (χ3n) is 6.12. The lowest BCUT2D eigenvalue weighted by atomic mass is 9.93. The first-order valence-corrected chi connectivity index (χ1v) is 8.92. The molecule has 0 aromatic carbocycles. The van der Waals surface area contributed by atoms with Crippen LogP contribution in [0.2, 0.25) is 0 Å². The van der Waals surface area contributed by atoms with Crippen molar-refractivity contribution in [2.75, 3.05) is 13.1 Å². The highest BCUT2D eigenvalue weighted by atomic mass is 16.6. The van der Waals surface area contributed by atoms with E-state index in [0.717, 1.165) is 25.9 Å². The predicted octanol–water partition coefficient (Wildman–Crippen LogP) is 0.456. The molecule has 4 fully saturated rings. The van der Waals surface area contributed by atoms with Crippen LogP contribution in [0.5, 0.6) is 0 Å². The fraction of sp³-hybridized carbons (Fsp3) is 0.882. The summed E-state index contributed by atoms with van der Waals surface area (Å²) in [5.41, 5.74) is 0. The van der Waals surface area contributed by atoms with Gasteiger partial charge in [0, 0.05) is 31.0 Å². The molecule has 0 aromatic rings. The van der Waals surface area contributed by atoms with Crippen LogP contribution in [0.15, 0.2) is 0 Å². The molecule has 2 aliphatic carbocycles. The molecular formula is C17H26N2O4. The Morgan fingerprint density at radius 3 is 2.00 bits per heavy atom. The summed E-state index contributed by atoms with van der Waals surface area (Å²) >= 11 is 0. The summed E-state index contributed by atoms with van der Waals surface area (Å²) in [6.45, 7) is 5.93. The third-order valence-corrected chi connectivity index (χ3v) is 6.12. The van der Waals surface area contributed by atoms with Crippen molar-refractivity contribution in [3.05, 3.63) is 0 Å². The first-order valence-electron chi connectivity index (χ1n) is 8.92. The van der Waals surface area contributed by atoms with Crippen LogP contribution >= 0.6 is 0 Å². The normalized spacial score (nSPS) is 47.6. The predicted molar refractivity (Wildman–Crippen MR) is 82.5 cm³/mol. The van der Waals surface area contributed by atoms with Gasteiger partial charge in [-0.1, -0.05) is 6.92 Å². The Kier molecular flexibility index (Phi) is 3.84. The first-order chi connectivity index (χ1) is 11.0. The molecule has 0 spiro atoms. The van der Waals surface area contributed by atoms with Crippen LogP contribution in [0, 0.1) is 23.7 Å². The van der Waals surface area contributed by atoms with Crippen LogP contribution < -0.4 is 10.6 Å². The highest BCUT2D eigenvalue weighted by molar-refractivity contribution is 5.78. The minimum absolute atomic E-state index is 0.0650. The van der Waals surface area contributed by atoms with Gasteiger partial charge in [-0.2, -0.15) is 0 Å². The van der Waals surface area contributed by atoms with Gasteiger partial charge in [-0.15, -0.1) is 0 Å². The van der Waals surface area contributed by atoms with E-state index in [9.17, 15) is 9.59 Å². The van der Waals surface area contributed by atoms with Crippen LogP contribution in [-0.2, 0) is 19.1 Å². The number of nitrogens with one attached hydrogen (secondary N) is 2. The van der Waals surface area contributed by atoms with Gasteiger partial charge in [0.15, 0.2) is 0 Å². The number of rotatable bonds is 4. The minimum Gasteiger partial charge on any atom is -0.462 e. The fourth-order valence-corrected chi connectivity index (χ4v) is 4.49. The van der Waals surface area contributed by atoms with Crippen molar-refractivity contribution >= 4 is 11.9 Å². The molecule has 128 valence electrons. The summed E-state index contributed by atoms with van der Waals surface area (Å²) in [5.74, 6) is 0.661. The minimum atomic E-state index is -0.102. The van der Waals surface area contributed by atoms with E-state index in [-0.39, 0.29) is 42.0 Å². The smallest absolute Gasteiger partial charge is 0.311 e. The Balaban J connectivity index is 1.24. The van der Waals surface area contributed by atoms with E-state index in [2.05, 4.69) is 17.6 Å². The van der Waals surface area contributed by atoms with Crippen LogP contribution in [0.4, 0.5) is 0 Å². The van der Waals surface area contributed by atoms with Crippen molar-refractivity contribution < 1.29 is 19.1 Å². The van der Waals surface area contributed by atoms with E-state index in [1.54, 1.807) is 0 Å². The van der Waals surface area contributed by atoms with E-state index in [1.807, 2.05) is 6.92 Å². The number of hydrogen-bond acceptors (Lipinski definition) is 6. The van der Waals surface area contributed by atoms with E-state index >= 15 is 0 Å². The molecule has 2 saturated carbocycles.